The van der Waals surface area contributed by atoms with Gasteiger partial charge in [-0.05, 0) is 18.9 Å². The van der Waals surface area contributed by atoms with E-state index in [2.05, 4.69) is 12.0 Å². The highest BCUT2D eigenvalue weighted by molar-refractivity contribution is 5.65. The van der Waals surface area contributed by atoms with Crippen LogP contribution in [0.25, 0.3) is 11.1 Å². The average molecular weight is 216 g/mol. The molecular formula is C13H16N2O. The number of nitrogens with zero attached hydrogens (tertiary/aromatic N) is 1. The van der Waals surface area contributed by atoms with Crippen LogP contribution in [0.2, 0.25) is 0 Å². The van der Waals surface area contributed by atoms with Crippen molar-refractivity contribution in [2.24, 2.45) is 0 Å². The van der Waals surface area contributed by atoms with Crippen molar-refractivity contribution in [1.82, 2.24) is 9.78 Å². The minimum atomic E-state index is 0.00454. The van der Waals surface area contributed by atoms with Gasteiger partial charge in [0, 0.05) is 12.2 Å². The van der Waals surface area contributed by atoms with E-state index in [4.69, 9.17) is 0 Å². The summed E-state index contributed by atoms with van der Waals surface area (Å²) in [5.41, 5.74) is 2.89. The van der Waals surface area contributed by atoms with Crippen LogP contribution >= 0.6 is 0 Å². The number of rotatable bonds is 3. The maximum absolute atomic E-state index is 11.9. The zero-order valence-corrected chi connectivity index (χ0v) is 9.66. The van der Waals surface area contributed by atoms with Gasteiger partial charge in [0.15, 0.2) is 0 Å². The molecule has 84 valence electrons. The van der Waals surface area contributed by atoms with Crippen LogP contribution in [0.4, 0.5) is 0 Å². The fraction of sp³-hybridized carbons (Fsp3) is 0.308. The van der Waals surface area contributed by atoms with E-state index >= 15 is 0 Å². The summed E-state index contributed by atoms with van der Waals surface area (Å²) < 4.78 is 1.92. The van der Waals surface area contributed by atoms with Crippen molar-refractivity contribution in [3.63, 3.8) is 0 Å². The molecule has 0 unspecified atom stereocenters. The molecule has 16 heavy (non-hydrogen) atoms. The second-order valence-electron chi connectivity index (χ2n) is 3.73. The molecule has 0 aliphatic rings. The van der Waals surface area contributed by atoms with E-state index in [0.717, 1.165) is 29.8 Å². The van der Waals surface area contributed by atoms with Crippen LogP contribution in [-0.4, -0.2) is 9.78 Å². The number of aromatic nitrogens is 2. The molecule has 0 amide bonds. The molecule has 1 aromatic heterocycles. The lowest BCUT2D eigenvalue weighted by molar-refractivity contribution is 0.621. The molecular weight excluding hydrogens is 200 g/mol. The van der Waals surface area contributed by atoms with Gasteiger partial charge < -0.3 is 0 Å². The Balaban J connectivity index is 2.65. The van der Waals surface area contributed by atoms with Crippen molar-refractivity contribution < 1.29 is 0 Å². The van der Waals surface area contributed by atoms with Gasteiger partial charge in [0.2, 0.25) is 0 Å². The van der Waals surface area contributed by atoms with Crippen molar-refractivity contribution in [2.45, 2.75) is 26.8 Å². The number of hydrogen-bond donors (Lipinski definition) is 1. The third kappa shape index (κ3) is 1.69. The molecule has 0 atom stereocenters. The molecule has 1 heterocycles. The monoisotopic (exact) mass is 216 g/mol. The highest BCUT2D eigenvalue weighted by atomic mass is 16.1. The summed E-state index contributed by atoms with van der Waals surface area (Å²) >= 11 is 0. The van der Waals surface area contributed by atoms with Crippen LogP contribution in [0.1, 0.15) is 19.5 Å². The Bertz CT molecular complexity index is 523. The molecule has 0 spiro atoms. The summed E-state index contributed by atoms with van der Waals surface area (Å²) in [4.78, 5) is 11.9. The second-order valence-corrected chi connectivity index (χ2v) is 3.73. The summed E-state index contributed by atoms with van der Waals surface area (Å²) in [6.45, 7) is 4.90. The molecule has 0 fully saturated rings. The molecule has 3 nitrogen and oxygen atoms in total. The topological polar surface area (TPSA) is 37.8 Å². The molecule has 0 saturated heterocycles. The number of aryl methyl sites for hydroxylation is 1. The van der Waals surface area contributed by atoms with E-state index in [-0.39, 0.29) is 5.56 Å². The van der Waals surface area contributed by atoms with E-state index in [1.54, 1.807) is 0 Å². The molecule has 2 aromatic rings. The number of H-pyrrole nitrogens is 1. The normalized spacial score (nSPS) is 10.6. The number of aromatic amines is 1. The molecule has 0 aliphatic carbocycles. The Labute approximate surface area is 94.7 Å². The SMILES string of the molecule is CCc1c(-c2ccccc2)c(=O)[nH]n1CC. The van der Waals surface area contributed by atoms with E-state index in [1.165, 1.54) is 0 Å². The third-order valence-electron chi connectivity index (χ3n) is 2.79. The highest BCUT2D eigenvalue weighted by Gasteiger charge is 2.13. The van der Waals surface area contributed by atoms with Gasteiger partial charge in [-0.25, -0.2) is 0 Å². The summed E-state index contributed by atoms with van der Waals surface area (Å²) in [7, 11) is 0. The van der Waals surface area contributed by atoms with Crippen LogP contribution in [0.15, 0.2) is 35.1 Å². The summed E-state index contributed by atoms with van der Waals surface area (Å²) in [6, 6.07) is 9.82. The standard InChI is InChI=1S/C13H16N2O/c1-3-11-12(10-8-6-5-7-9-10)13(16)14-15(11)4-2/h5-9H,3-4H2,1-2H3,(H,14,16). The van der Waals surface area contributed by atoms with Gasteiger partial charge in [-0.3, -0.25) is 14.6 Å². The fourth-order valence-electron chi connectivity index (χ4n) is 2.05. The first-order valence-electron chi connectivity index (χ1n) is 5.65. The van der Waals surface area contributed by atoms with Crippen molar-refractivity contribution in [2.75, 3.05) is 0 Å². The highest BCUT2D eigenvalue weighted by Crippen LogP contribution is 2.19. The zero-order valence-electron chi connectivity index (χ0n) is 9.66. The first-order valence-corrected chi connectivity index (χ1v) is 5.65. The van der Waals surface area contributed by atoms with Gasteiger partial charge >= 0.3 is 0 Å². The molecule has 0 radical (unpaired) electrons. The lowest BCUT2D eigenvalue weighted by atomic mass is 10.1. The van der Waals surface area contributed by atoms with Gasteiger partial charge in [0.1, 0.15) is 0 Å². The van der Waals surface area contributed by atoms with E-state index in [9.17, 15) is 4.79 Å². The number of hydrogen-bond acceptors (Lipinski definition) is 1. The van der Waals surface area contributed by atoms with E-state index in [0.29, 0.717) is 0 Å². The van der Waals surface area contributed by atoms with Gasteiger partial charge in [-0.15, -0.1) is 0 Å². The molecule has 0 aliphatic heterocycles. The van der Waals surface area contributed by atoms with Crippen molar-refractivity contribution >= 4 is 0 Å². The minimum Gasteiger partial charge on any atom is -0.289 e. The maximum Gasteiger partial charge on any atom is 0.272 e. The largest absolute Gasteiger partial charge is 0.289 e. The molecule has 3 heteroatoms. The summed E-state index contributed by atoms with van der Waals surface area (Å²) in [5, 5.41) is 2.87. The van der Waals surface area contributed by atoms with Gasteiger partial charge in [0.25, 0.3) is 5.56 Å². The minimum absolute atomic E-state index is 0.00454. The van der Waals surface area contributed by atoms with Crippen LogP contribution in [-0.2, 0) is 13.0 Å². The molecule has 1 N–H and O–H groups in total. The number of nitrogens with one attached hydrogen (secondary N) is 1. The molecule has 2 rings (SSSR count). The molecule has 1 aromatic carbocycles. The predicted molar refractivity (Wildman–Crippen MR) is 65.5 cm³/mol. The van der Waals surface area contributed by atoms with Crippen LogP contribution in [0.5, 0.6) is 0 Å². The smallest absolute Gasteiger partial charge is 0.272 e. The quantitative estimate of drug-likeness (QED) is 0.840. The predicted octanol–water partition coefficient (Wildman–Crippen LogP) is 2.43. The molecule has 0 bridgehead atoms. The zero-order chi connectivity index (χ0) is 11.5. The number of benzene rings is 1. The Morgan fingerprint density at radius 3 is 2.44 bits per heavy atom. The fourth-order valence-corrected chi connectivity index (χ4v) is 2.05. The van der Waals surface area contributed by atoms with Crippen LogP contribution < -0.4 is 5.56 Å². The first kappa shape index (κ1) is 10.7. The van der Waals surface area contributed by atoms with Crippen molar-refractivity contribution in [3.05, 3.63) is 46.4 Å². The van der Waals surface area contributed by atoms with E-state index in [1.807, 2.05) is 41.9 Å². The van der Waals surface area contributed by atoms with E-state index < -0.39 is 0 Å². The molecule has 0 saturated carbocycles. The Morgan fingerprint density at radius 2 is 1.88 bits per heavy atom. The second kappa shape index (κ2) is 4.39. The van der Waals surface area contributed by atoms with Gasteiger partial charge in [0.05, 0.1) is 5.56 Å². The van der Waals surface area contributed by atoms with Gasteiger partial charge in [-0.1, -0.05) is 37.3 Å². The summed E-state index contributed by atoms with van der Waals surface area (Å²) in [5.74, 6) is 0. The lowest BCUT2D eigenvalue weighted by Gasteiger charge is -2.05. The Morgan fingerprint density at radius 1 is 1.19 bits per heavy atom. The van der Waals surface area contributed by atoms with Crippen LogP contribution in [0.3, 0.4) is 0 Å². The van der Waals surface area contributed by atoms with Crippen LogP contribution in [0, 0.1) is 0 Å². The Hall–Kier alpha value is -1.77. The average Bonchev–Trinajstić information content (AvgIpc) is 2.66. The first-order chi connectivity index (χ1) is 7.77. The Kier molecular flexibility index (Phi) is 2.95. The van der Waals surface area contributed by atoms with Gasteiger partial charge in [-0.2, -0.15) is 0 Å². The summed E-state index contributed by atoms with van der Waals surface area (Å²) in [6.07, 6.45) is 0.858. The van der Waals surface area contributed by atoms with Crippen molar-refractivity contribution in [1.29, 1.82) is 0 Å². The lowest BCUT2D eigenvalue weighted by Crippen LogP contribution is -2.05. The maximum atomic E-state index is 11.9. The third-order valence-corrected chi connectivity index (χ3v) is 2.79. The van der Waals surface area contributed by atoms with Crippen molar-refractivity contribution in [3.8, 4) is 11.1 Å².